The number of furan rings is 1. The van der Waals surface area contributed by atoms with Crippen molar-refractivity contribution in [1.82, 2.24) is 4.90 Å². The standard InChI is InChI=1S/C23H22N2O5S/c1-4-13-25(16-20-6-5-14-30-20)23(26)22-15-21(12-7-17(22)2)31(27,28)24-18-8-10-19(29-3)11-9-18/h1,5-12,14-15,24H,13,16H2,2-3H3. The molecule has 1 aromatic heterocycles. The van der Waals surface area contributed by atoms with Crippen molar-refractivity contribution in [2.24, 2.45) is 0 Å². The highest BCUT2D eigenvalue weighted by Crippen LogP contribution is 2.22. The molecule has 3 rings (SSSR count). The number of aryl methyl sites for hydroxylation is 1. The van der Waals surface area contributed by atoms with E-state index in [0.29, 0.717) is 22.8 Å². The fraction of sp³-hybridized carbons (Fsp3) is 0.174. The predicted octanol–water partition coefficient (Wildman–Crippen LogP) is 3.67. The van der Waals surface area contributed by atoms with Crippen molar-refractivity contribution in [3.05, 3.63) is 77.7 Å². The minimum absolute atomic E-state index is 0.0316. The summed E-state index contributed by atoms with van der Waals surface area (Å²) in [4.78, 5) is 14.5. The number of terminal acetylenes is 1. The minimum atomic E-state index is -3.91. The molecule has 8 heteroatoms. The number of nitrogens with zero attached hydrogens (tertiary/aromatic N) is 1. The first kappa shape index (κ1) is 22.0. The molecule has 0 spiro atoms. The van der Waals surface area contributed by atoms with Crippen LogP contribution >= 0.6 is 0 Å². The summed E-state index contributed by atoms with van der Waals surface area (Å²) in [6.45, 7) is 1.97. The molecule has 0 saturated carbocycles. The molecular weight excluding hydrogens is 416 g/mol. The summed E-state index contributed by atoms with van der Waals surface area (Å²) in [6.07, 6.45) is 6.94. The molecule has 1 N–H and O–H groups in total. The first-order valence-electron chi connectivity index (χ1n) is 9.36. The molecule has 1 heterocycles. The van der Waals surface area contributed by atoms with Crippen LogP contribution in [0.3, 0.4) is 0 Å². The Labute approximate surface area is 181 Å². The summed E-state index contributed by atoms with van der Waals surface area (Å²) in [7, 11) is -2.39. The summed E-state index contributed by atoms with van der Waals surface area (Å²) < 4.78 is 38.7. The zero-order valence-corrected chi connectivity index (χ0v) is 18.0. The average Bonchev–Trinajstić information content (AvgIpc) is 3.26. The zero-order chi connectivity index (χ0) is 22.4. The number of hydrogen-bond donors (Lipinski definition) is 1. The molecule has 0 fully saturated rings. The Morgan fingerprint density at radius 1 is 1.19 bits per heavy atom. The van der Waals surface area contributed by atoms with Gasteiger partial charge in [-0.05, 0) is 61.0 Å². The van der Waals surface area contributed by atoms with Crippen LogP contribution in [0.4, 0.5) is 5.69 Å². The molecule has 0 aliphatic heterocycles. The van der Waals surface area contributed by atoms with Gasteiger partial charge < -0.3 is 14.1 Å². The molecule has 160 valence electrons. The van der Waals surface area contributed by atoms with Crippen molar-refractivity contribution in [3.8, 4) is 18.1 Å². The Morgan fingerprint density at radius 3 is 2.55 bits per heavy atom. The summed E-state index contributed by atoms with van der Waals surface area (Å²) in [6, 6.07) is 14.3. The first-order chi connectivity index (χ1) is 14.8. The summed E-state index contributed by atoms with van der Waals surface area (Å²) >= 11 is 0. The highest BCUT2D eigenvalue weighted by atomic mass is 32.2. The lowest BCUT2D eigenvalue weighted by Gasteiger charge is -2.20. The number of amides is 1. The topological polar surface area (TPSA) is 88.9 Å². The number of sulfonamides is 1. The van der Waals surface area contributed by atoms with Crippen LogP contribution in [0.25, 0.3) is 0 Å². The molecular formula is C23H22N2O5S. The molecule has 0 bridgehead atoms. The van der Waals surface area contributed by atoms with Gasteiger partial charge in [-0.3, -0.25) is 9.52 Å². The second-order valence-electron chi connectivity index (χ2n) is 6.76. The molecule has 0 saturated heterocycles. The molecule has 2 aromatic carbocycles. The van der Waals surface area contributed by atoms with Gasteiger partial charge in [0.25, 0.3) is 15.9 Å². The van der Waals surface area contributed by atoms with Crippen LogP contribution in [0.2, 0.25) is 0 Å². The monoisotopic (exact) mass is 438 g/mol. The molecule has 0 unspecified atom stereocenters. The Morgan fingerprint density at radius 2 is 1.94 bits per heavy atom. The third-order valence-electron chi connectivity index (χ3n) is 4.59. The van der Waals surface area contributed by atoms with E-state index in [9.17, 15) is 13.2 Å². The van der Waals surface area contributed by atoms with Gasteiger partial charge >= 0.3 is 0 Å². The quantitative estimate of drug-likeness (QED) is 0.542. The molecule has 1 amide bonds. The predicted molar refractivity (Wildman–Crippen MR) is 117 cm³/mol. The highest BCUT2D eigenvalue weighted by Gasteiger charge is 2.22. The van der Waals surface area contributed by atoms with Gasteiger partial charge in [-0.25, -0.2) is 8.42 Å². The largest absolute Gasteiger partial charge is 0.497 e. The second-order valence-corrected chi connectivity index (χ2v) is 8.44. The number of nitrogens with one attached hydrogen (secondary N) is 1. The van der Waals surface area contributed by atoms with Gasteiger partial charge in [0.1, 0.15) is 11.5 Å². The smallest absolute Gasteiger partial charge is 0.261 e. The first-order valence-corrected chi connectivity index (χ1v) is 10.8. The number of carbonyl (C=O) groups is 1. The lowest BCUT2D eigenvalue weighted by molar-refractivity contribution is 0.0754. The fourth-order valence-electron chi connectivity index (χ4n) is 2.94. The van der Waals surface area contributed by atoms with E-state index >= 15 is 0 Å². The van der Waals surface area contributed by atoms with Gasteiger partial charge in [-0.1, -0.05) is 12.0 Å². The molecule has 0 aliphatic carbocycles. The van der Waals surface area contributed by atoms with Crippen LogP contribution in [0.5, 0.6) is 5.75 Å². The molecule has 3 aromatic rings. The SMILES string of the molecule is C#CCN(Cc1ccco1)C(=O)c1cc(S(=O)(=O)Nc2ccc(OC)cc2)ccc1C. The van der Waals surface area contributed by atoms with Crippen LogP contribution in [-0.2, 0) is 16.6 Å². The lowest BCUT2D eigenvalue weighted by atomic mass is 10.1. The van der Waals surface area contributed by atoms with Crippen molar-refractivity contribution in [2.45, 2.75) is 18.4 Å². The van der Waals surface area contributed by atoms with Crippen LogP contribution < -0.4 is 9.46 Å². The van der Waals surface area contributed by atoms with Gasteiger partial charge in [0.05, 0.1) is 31.4 Å². The summed E-state index contributed by atoms with van der Waals surface area (Å²) in [5.74, 6) is 3.26. The Kier molecular flexibility index (Phi) is 6.68. The van der Waals surface area contributed by atoms with Crippen molar-refractivity contribution in [1.29, 1.82) is 0 Å². The van der Waals surface area contributed by atoms with Crippen molar-refractivity contribution >= 4 is 21.6 Å². The van der Waals surface area contributed by atoms with Gasteiger partial charge in [0, 0.05) is 11.3 Å². The zero-order valence-electron chi connectivity index (χ0n) is 17.2. The Bertz CT molecular complexity index is 1190. The van der Waals surface area contributed by atoms with Gasteiger partial charge in [-0.2, -0.15) is 0 Å². The van der Waals surface area contributed by atoms with Gasteiger partial charge in [-0.15, -0.1) is 6.42 Å². The molecule has 0 aliphatic rings. The Hall–Kier alpha value is -3.70. The third-order valence-corrected chi connectivity index (χ3v) is 5.97. The van der Waals surface area contributed by atoms with Crippen molar-refractivity contribution in [2.75, 3.05) is 18.4 Å². The number of rotatable bonds is 8. The van der Waals surface area contributed by atoms with Gasteiger partial charge in [0.2, 0.25) is 0 Å². The van der Waals surface area contributed by atoms with Crippen molar-refractivity contribution < 1.29 is 22.4 Å². The average molecular weight is 439 g/mol. The van der Waals surface area contributed by atoms with E-state index in [-0.39, 0.29) is 29.5 Å². The molecule has 31 heavy (non-hydrogen) atoms. The number of hydrogen-bond acceptors (Lipinski definition) is 5. The number of benzene rings is 2. The summed E-state index contributed by atoms with van der Waals surface area (Å²) in [5, 5.41) is 0. The van der Waals surface area contributed by atoms with Crippen molar-refractivity contribution in [3.63, 3.8) is 0 Å². The minimum Gasteiger partial charge on any atom is -0.497 e. The normalized spacial score (nSPS) is 10.9. The van der Waals surface area contributed by atoms with Crippen LogP contribution in [0.1, 0.15) is 21.7 Å². The van der Waals surface area contributed by atoms with Crippen LogP contribution in [-0.4, -0.2) is 32.9 Å². The number of ether oxygens (including phenoxy) is 1. The van der Waals surface area contributed by atoms with E-state index < -0.39 is 10.0 Å². The number of carbonyl (C=O) groups excluding carboxylic acids is 1. The maximum Gasteiger partial charge on any atom is 0.261 e. The summed E-state index contributed by atoms with van der Waals surface area (Å²) in [5.41, 5.74) is 1.26. The Balaban J connectivity index is 1.88. The third kappa shape index (κ3) is 5.27. The van der Waals surface area contributed by atoms with E-state index in [1.807, 2.05) is 0 Å². The van der Waals surface area contributed by atoms with E-state index in [2.05, 4.69) is 10.6 Å². The maximum atomic E-state index is 13.1. The van der Waals surface area contributed by atoms with Crippen LogP contribution in [0, 0.1) is 19.3 Å². The van der Waals surface area contributed by atoms with E-state index in [4.69, 9.17) is 15.6 Å². The molecule has 7 nitrogen and oxygen atoms in total. The number of anilines is 1. The van der Waals surface area contributed by atoms with E-state index in [1.165, 1.54) is 30.4 Å². The lowest BCUT2D eigenvalue weighted by Crippen LogP contribution is -2.31. The highest BCUT2D eigenvalue weighted by molar-refractivity contribution is 7.92. The second kappa shape index (κ2) is 9.41. The maximum absolute atomic E-state index is 13.1. The van der Waals surface area contributed by atoms with Gasteiger partial charge in [0.15, 0.2) is 0 Å². The van der Waals surface area contributed by atoms with E-state index in [1.54, 1.807) is 49.4 Å². The molecule has 0 atom stereocenters. The number of methoxy groups -OCH3 is 1. The van der Waals surface area contributed by atoms with E-state index in [0.717, 1.165) is 0 Å². The fourth-order valence-corrected chi connectivity index (χ4v) is 4.03. The van der Waals surface area contributed by atoms with Crippen LogP contribution in [0.15, 0.2) is 70.2 Å². The molecule has 0 radical (unpaired) electrons.